The van der Waals surface area contributed by atoms with Gasteiger partial charge in [0.2, 0.25) is 11.7 Å². The van der Waals surface area contributed by atoms with Crippen LogP contribution in [0.15, 0.2) is 28.8 Å². The first-order valence-corrected chi connectivity index (χ1v) is 7.75. The third-order valence-corrected chi connectivity index (χ3v) is 3.69. The number of rotatable bonds is 5. The lowest BCUT2D eigenvalue weighted by Gasteiger charge is -2.24. The van der Waals surface area contributed by atoms with Gasteiger partial charge in [-0.05, 0) is 31.5 Å². The minimum absolute atomic E-state index is 0.126. The highest BCUT2D eigenvalue weighted by Crippen LogP contribution is 2.19. The van der Waals surface area contributed by atoms with E-state index in [4.69, 9.17) is 9.26 Å². The average Bonchev–Trinajstić information content (AvgIpc) is 2.99. The van der Waals surface area contributed by atoms with Crippen molar-refractivity contribution in [1.82, 2.24) is 20.8 Å². The fourth-order valence-electron chi connectivity index (χ4n) is 2.56. The first-order valence-electron chi connectivity index (χ1n) is 7.75. The van der Waals surface area contributed by atoms with Crippen LogP contribution in [0, 0.1) is 6.92 Å². The third-order valence-electron chi connectivity index (χ3n) is 3.69. The second kappa shape index (κ2) is 7.23. The Bertz CT molecular complexity index is 665. The van der Waals surface area contributed by atoms with E-state index in [1.54, 1.807) is 19.1 Å². The van der Waals surface area contributed by atoms with Crippen LogP contribution in [0.3, 0.4) is 0 Å². The lowest BCUT2D eigenvalue weighted by Crippen LogP contribution is -2.45. The maximum atomic E-state index is 12.5. The smallest absolute Gasteiger partial charge is 0.255 e. The van der Waals surface area contributed by atoms with Crippen molar-refractivity contribution in [3.63, 3.8) is 0 Å². The highest BCUT2D eigenvalue weighted by atomic mass is 16.5. The number of carbonyl (C=O) groups is 1. The summed E-state index contributed by atoms with van der Waals surface area (Å²) in [5, 5.41) is 10.1. The molecule has 3 rings (SSSR count). The molecule has 1 aromatic carbocycles. The topological polar surface area (TPSA) is 89.3 Å². The molecule has 0 spiro atoms. The van der Waals surface area contributed by atoms with Crippen molar-refractivity contribution in [2.45, 2.75) is 32.4 Å². The van der Waals surface area contributed by atoms with Crippen LogP contribution in [0.5, 0.6) is 5.75 Å². The minimum atomic E-state index is -0.126. The molecule has 1 atom stereocenters. The quantitative estimate of drug-likeness (QED) is 0.867. The average molecular weight is 316 g/mol. The summed E-state index contributed by atoms with van der Waals surface area (Å²) in [6.07, 6.45) is 2.06. The summed E-state index contributed by atoms with van der Waals surface area (Å²) in [4.78, 5) is 16.6. The van der Waals surface area contributed by atoms with Gasteiger partial charge in [-0.3, -0.25) is 4.79 Å². The molecule has 1 fully saturated rings. The first-order chi connectivity index (χ1) is 11.2. The predicted octanol–water partition coefficient (Wildman–Crippen LogP) is 1.44. The number of hydrogen-bond donors (Lipinski definition) is 2. The Morgan fingerprint density at radius 1 is 1.48 bits per heavy atom. The largest absolute Gasteiger partial charge is 0.485 e. The summed E-state index contributed by atoms with van der Waals surface area (Å²) in [7, 11) is 0. The van der Waals surface area contributed by atoms with Crippen LogP contribution >= 0.6 is 0 Å². The number of nitrogens with one attached hydrogen (secondary N) is 2. The van der Waals surface area contributed by atoms with Crippen molar-refractivity contribution >= 4 is 5.91 Å². The lowest BCUT2D eigenvalue weighted by atomic mass is 10.1. The summed E-state index contributed by atoms with van der Waals surface area (Å²) in [6.45, 7) is 3.69. The van der Waals surface area contributed by atoms with E-state index < -0.39 is 0 Å². The second-order valence-electron chi connectivity index (χ2n) is 5.53. The van der Waals surface area contributed by atoms with Gasteiger partial charge in [-0.25, -0.2) is 0 Å². The minimum Gasteiger partial charge on any atom is -0.485 e. The number of hydrogen-bond acceptors (Lipinski definition) is 6. The summed E-state index contributed by atoms with van der Waals surface area (Å²) < 4.78 is 10.6. The molecule has 1 aromatic heterocycles. The van der Waals surface area contributed by atoms with Crippen molar-refractivity contribution in [1.29, 1.82) is 0 Å². The van der Waals surface area contributed by atoms with E-state index in [1.165, 1.54) is 0 Å². The molecular weight excluding hydrogens is 296 g/mol. The standard InChI is InChI=1S/C16H20N4O3/c1-11-18-15(20-23-11)10-22-14-7-3-2-6-13(14)16(21)19-12-5-4-8-17-9-12/h2-3,6-7,12,17H,4-5,8-10H2,1H3,(H,19,21)/t12-/m1/s1. The Balaban J connectivity index is 1.65. The zero-order valence-corrected chi connectivity index (χ0v) is 13.0. The summed E-state index contributed by atoms with van der Waals surface area (Å²) in [5.41, 5.74) is 0.512. The first kappa shape index (κ1) is 15.5. The van der Waals surface area contributed by atoms with Crippen molar-refractivity contribution in [3.8, 4) is 5.75 Å². The molecule has 1 aliphatic heterocycles. The Kier molecular flexibility index (Phi) is 4.87. The van der Waals surface area contributed by atoms with E-state index in [0.717, 1.165) is 25.9 Å². The molecule has 0 radical (unpaired) electrons. The van der Waals surface area contributed by atoms with E-state index in [2.05, 4.69) is 20.8 Å². The van der Waals surface area contributed by atoms with Crippen LogP contribution in [0.25, 0.3) is 0 Å². The highest BCUT2D eigenvalue weighted by Gasteiger charge is 2.19. The molecule has 7 heteroatoms. The zero-order chi connectivity index (χ0) is 16.1. The van der Waals surface area contributed by atoms with Gasteiger partial charge >= 0.3 is 0 Å². The van der Waals surface area contributed by atoms with Crippen LogP contribution in [-0.4, -0.2) is 35.2 Å². The maximum Gasteiger partial charge on any atom is 0.255 e. The van der Waals surface area contributed by atoms with Crippen LogP contribution in [0.2, 0.25) is 0 Å². The van der Waals surface area contributed by atoms with Gasteiger partial charge in [-0.15, -0.1) is 0 Å². The molecule has 1 aliphatic rings. The Morgan fingerprint density at radius 3 is 3.09 bits per heavy atom. The molecular formula is C16H20N4O3. The van der Waals surface area contributed by atoms with Gasteiger partial charge in [0.1, 0.15) is 5.75 Å². The Morgan fingerprint density at radius 2 is 2.35 bits per heavy atom. The molecule has 2 heterocycles. The monoisotopic (exact) mass is 316 g/mol. The molecule has 2 aromatic rings. The summed E-state index contributed by atoms with van der Waals surface area (Å²) >= 11 is 0. The number of aromatic nitrogens is 2. The van der Waals surface area contributed by atoms with E-state index in [1.807, 2.05) is 12.1 Å². The number of nitrogens with zero attached hydrogens (tertiary/aromatic N) is 2. The number of para-hydroxylation sites is 1. The van der Waals surface area contributed by atoms with Crippen LogP contribution in [0.1, 0.15) is 34.9 Å². The molecule has 0 unspecified atom stereocenters. The van der Waals surface area contributed by atoms with E-state index in [0.29, 0.717) is 23.0 Å². The van der Waals surface area contributed by atoms with Crippen molar-refractivity contribution < 1.29 is 14.1 Å². The normalized spacial score (nSPS) is 17.7. The number of aryl methyl sites for hydroxylation is 1. The fraction of sp³-hybridized carbons (Fsp3) is 0.438. The zero-order valence-electron chi connectivity index (χ0n) is 13.0. The molecule has 1 saturated heterocycles. The van der Waals surface area contributed by atoms with Crippen molar-refractivity contribution in [3.05, 3.63) is 41.5 Å². The Labute approximate surface area is 134 Å². The molecule has 0 bridgehead atoms. The number of ether oxygens (including phenoxy) is 1. The molecule has 0 aliphatic carbocycles. The van der Waals surface area contributed by atoms with Crippen LogP contribution < -0.4 is 15.4 Å². The number of piperidine rings is 1. The molecule has 1 amide bonds. The number of carbonyl (C=O) groups excluding carboxylic acids is 1. The van der Waals surface area contributed by atoms with Gasteiger partial charge in [-0.2, -0.15) is 4.98 Å². The lowest BCUT2D eigenvalue weighted by molar-refractivity contribution is 0.0926. The van der Waals surface area contributed by atoms with E-state index >= 15 is 0 Å². The number of benzene rings is 1. The fourth-order valence-corrected chi connectivity index (χ4v) is 2.56. The Hall–Kier alpha value is -2.41. The van der Waals surface area contributed by atoms with Crippen molar-refractivity contribution in [2.75, 3.05) is 13.1 Å². The molecule has 23 heavy (non-hydrogen) atoms. The van der Waals surface area contributed by atoms with Gasteiger partial charge in [-0.1, -0.05) is 17.3 Å². The van der Waals surface area contributed by atoms with Gasteiger partial charge in [0.25, 0.3) is 5.91 Å². The highest BCUT2D eigenvalue weighted by molar-refractivity contribution is 5.97. The third kappa shape index (κ3) is 4.07. The SMILES string of the molecule is Cc1nc(COc2ccccc2C(=O)N[C@@H]2CCCNC2)no1. The summed E-state index contributed by atoms with van der Waals surface area (Å²) in [5.74, 6) is 1.32. The van der Waals surface area contributed by atoms with E-state index in [-0.39, 0.29) is 18.6 Å². The maximum absolute atomic E-state index is 12.5. The molecule has 7 nitrogen and oxygen atoms in total. The summed E-state index contributed by atoms with van der Waals surface area (Å²) in [6, 6.07) is 7.32. The molecule has 0 saturated carbocycles. The number of amides is 1. The van der Waals surface area contributed by atoms with Gasteiger partial charge < -0.3 is 19.9 Å². The van der Waals surface area contributed by atoms with Gasteiger partial charge in [0.15, 0.2) is 6.61 Å². The van der Waals surface area contributed by atoms with Crippen LogP contribution in [0.4, 0.5) is 0 Å². The van der Waals surface area contributed by atoms with Crippen LogP contribution in [-0.2, 0) is 6.61 Å². The molecule has 2 N–H and O–H groups in total. The second-order valence-corrected chi connectivity index (χ2v) is 5.53. The predicted molar refractivity (Wildman–Crippen MR) is 83.2 cm³/mol. The van der Waals surface area contributed by atoms with E-state index in [9.17, 15) is 4.79 Å². The molecule has 122 valence electrons. The van der Waals surface area contributed by atoms with Gasteiger partial charge in [0.05, 0.1) is 5.56 Å². The van der Waals surface area contributed by atoms with Crippen molar-refractivity contribution in [2.24, 2.45) is 0 Å². The van der Waals surface area contributed by atoms with Gasteiger partial charge in [0, 0.05) is 19.5 Å².